The Morgan fingerprint density at radius 2 is 1.79 bits per heavy atom. The maximum Gasteiger partial charge on any atom is 0.306 e. The number of fused-ring (bicyclic) bond motifs is 1. The molecule has 1 N–H and O–H groups in total. The summed E-state index contributed by atoms with van der Waals surface area (Å²) in [5.41, 5.74) is 3.32. The van der Waals surface area contributed by atoms with Gasteiger partial charge in [-0.2, -0.15) is 0 Å². The van der Waals surface area contributed by atoms with Crippen molar-refractivity contribution in [2.24, 2.45) is 0 Å². The van der Waals surface area contributed by atoms with E-state index < -0.39 is 5.97 Å². The third-order valence-corrected chi connectivity index (χ3v) is 5.98. The van der Waals surface area contributed by atoms with Gasteiger partial charge in [-0.05, 0) is 24.1 Å². The molecule has 0 atom stereocenters. The van der Waals surface area contributed by atoms with Crippen molar-refractivity contribution in [3.63, 3.8) is 0 Å². The summed E-state index contributed by atoms with van der Waals surface area (Å²) < 4.78 is 7.02. The number of para-hydroxylation sites is 2. The number of carbonyl (C=O) groups excluding carboxylic acids is 2. The van der Waals surface area contributed by atoms with E-state index in [-0.39, 0.29) is 30.9 Å². The molecule has 0 fully saturated rings. The van der Waals surface area contributed by atoms with Gasteiger partial charge in [0.25, 0.3) is 5.56 Å². The Bertz CT molecular complexity index is 1360. The first-order valence-electron chi connectivity index (χ1n) is 10.9. The zero-order valence-electron chi connectivity index (χ0n) is 18.7. The van der Waals surface area contributed by atoms with Crippen LogP contribution in [0.3, 0.4) is 0 Å². The number of benzene rings is 2. The van der Waals surface area contributed by atoms with Gasteiger partial charge >= 0.3 is 5.97 Å². The molecule has 0 aliphatic rings. The molecular formula is C25H24N4O4S. The minimum atomic E-state index is -0.445. The van der Waals surface area contributed by atoms with E-state index in [1.165, 1.54) is 18.3 Å². The molecule has 0 spiro atoms. The summed E-state index contributed by atoms with van der Waals surface area (Å²) in [6, 6.07) is 17.5. The highest BCUT2D eigenvalue weighted by Gasteiger charge is 2.14. The van der Waals surface area contributed by atoms with Crippen LogP contribution in [0.5, 0.6) is 0 Å². The molecule has 0 saturated carbocycles. The summed E-state index contributed by atoms with van der Waals surface area (Å²) >= 11 is 1.26. The topological polar surface area (TPSA) is 103 Å². The van der Waals surface area contributed by atoms with Crippen molar-refractivity contribution < 1.29 is 14.3 Å². The molecule has 0 aliphatic heterocycles. The largest absolute Gasteiger partial charge is 0.459 e. The third kappa shape index (κ3) is 5.93. The summed E-state index contributed by atoms with van der Waals surface area (Å²) in [7, 11) is 0. The summed E-state index contributed by atoms with van der Waals surface area (Å²) in [5.74, 6) is -0.658. The Hall–Kier alpha value is -3.85. The summed E-state index contributed by atoms with van der Waals surface area (Å²) in [6.45, 7) is 1.92. The number of carbonyl (C=O) groups is 2. The van der Waals surface area contributed by atoms with Crippen LogP contribution in [0.15, 0.2) is 64.8 Å². The molecule has 9 heteroatoms. The first kappa shape index (κ1) is 23.3. The summed E-state index contributed by atoms with van der Waals surface area (Å²) in [4.78, 5) is 45.3. The number of aryl methyl sites for hydroxylation is 3. The van der Waals surface area contributed by atoms with Crippen molar-refractivity contribution in [2.75, 3.05) is 5.32 Å². The van der Waals surface area contributed by atoms with E-state index >= 15 is 0 Å². The standard InChI is InChI=1S/C25H24N4O4S/c1-17(30)26-25-27-19(16-34-25)15-33-23(31)12-11-21-24(32)29(14-13-18-7-3-2-4-8-18)22-10-6-5-9-20(22)28-21/h2-10,16H,11-15H2,1H3,(H,26,27,30). The highest BCUT2D eigenvalue weighted by Crippen LogP contribution is 2.16. The Morgan fingerprint density at radius 3 is 2.59 bits per heavy atom. The Kier molecular flexibility index (Phi) is 7.44. The lowest BCUT2D eigenvalue weighted by molar-refractivity contribution is -0.145. The number of nitrogens with one attached hydrogen (secondary N) is 1. The van der Waals surface area contributed by atoms with E-state index in [4.69, 9.17) is 4.74 Å². The van der Waals surface area contributed by atoms with Crippen molar-refractivity contribution in [2.45, 2.75) is 39.3 Å². The van der Waals surface area contributed by atoms with Crippen LogP contribution in [0, 0.1) is 0 Å². The van der Waals surface area contributed by atoms with Crippen molar-refractivity contribution >= 4 is 39.4 Å². The second-order valence-electron chi connectivity index (χ2n) is 7.73. The van der Waals surface area contributed by atoms with Crippen molar-refractivity contribution in [3.05, 3.63) is 87.3 Å². The van der Waals surface area contributed by atoms with Gasteiger partial charge in [0.1, 0.15) is 12.3 Å². The molecule has 2 heterocycles. The van der Waals surface area contributed by atoms with Crippen LogP contribution in [-0.2, 0) is 40.3 Å². The van der Waals surface area contributed by atoms with Gasteiger partial charge in [-0.25, -0.2) is 9.97 Å². The quantitative estimate of drug-likeness (QED) is 0.369. The summed E-state index contributed by atoms with van der Waals surface area (Å²) in [6.07, 6.45) is 0.925. The molecule has 0 aliphatic carbocycles. The van der Waals surface area contributed by atoms with Crippen LogP contribution in [0.25, 0.3) is 11.0 Å². The number of amides is 1. The van der Waals surface area contributed by atoms with E-state index in [1.54, 1.807) is 9.95 Å². The van der Waals surface area contributed by atoms with Crippen LogP contribution >= 0.6 is 11.3 Å². The lowest BCUT2D eigenvalue weighted by Gasteiger charge is -2.12. The number of thiazole rings is 1. The molecule has 2 aromatic carbocycles. The van der Waals surface area contributed by atoms with Crippen LogP contribution < -0.4 is 10.9 Å². The van der Waals surface area contributed by atoms with E-state index in [9.17, 15) is 14.4 Å². The Morgan fingerprint density at radius 1 is 1.03 bits per heavy atom. The van der Waals surface area contributed by atoms with Crippen molar-refractivity contribution in [1.29, 1.82) is 0 Å². The minimum absolute atomic E-state index is 0.00136. The molecular weight excluding hydrogens is 452 g/mol. The molecule has 174 valence electrons. The Balaban J connectivity index is 1.42. The molecule has 0 bridgehead atoms. The molecule has 4 aromatic rings. The maximum absolute atomic E-state index is 13.2. The lowest BCUT2D eigenvalue weighted by Crippen LogP contribution is -2.27. The number of anilines is 1. The number of rotatable bonds is 9. The molecule has 2 aromatic heterocycles. The SMILES string of the molecule is CC(=O)Nc1nc(COC(=O)CCc2nc3ccccc3n(CCc3ccccc3)c2=O)cs1. The number of ether oxygens (including phenoxy) is 1. The van der Waals surface area contributed by atoms with Crippen LogP contribution in [0.1, 0.15) is 30.3 Å². The summed E-state index contributed by atoms with van der Waals surface area (Å²) in [5, 5.41) is 4.76. The van der Waals surface area contributed by atoms with Gasteiger partial charge < -0.3 is 14.6 Å². The first-order chi connectivity index (χ1) is 16.5. The molecule has 0 saturated heterocycles. The molecule has 8 nitrogen and oxygen atoms in total. The van der Waals surface area contributed by atoms with E-state index in [0.717, 1.165) is 11.1 Å². The van der Waals surface area contributed by atoms with Crippen molar-refractivity contribution in [3.8, 4) is 0 Å². The second-order valence-corrected chi connectivity index (χ2v) is 8.58. The number of aromatic nitrogens is 3. The van der Waals surface area contributed by atoms with E-state index in [1.807, 2.05) is 54.6 Å². The fraction of sp³-hybridized carbons (Fsp3) is 0.240. The first-order valence-corrected chi connectivity index (χ1v) is 11.8. The minimum Gasteiger partial charge on any atom is -0.459 e. The van der Waals surface area contributed by atoms with Crippen LogP contribution in [0.2, 0.25) is 0 Å². The number of esters is 1. The van der Waals surface area contributed by atoms with Gasteiger partial charge in [-0.3, -0.25) is 14.4 Å². The third-order valence-electron chi connectivity index (χ3n) is 5.17. The molecule has 0 unspecified atom stereocenters. The fourth-order valence-electron chi connectivity index (χ4n) is 3.54. The molecule has 4 rings (SSSR count). The molecule has 34 heavy (non-hydrogen) atoms. The van der Waals surface area contributed by atoms with Gasteiger partial charge in [0.15, 0.2) is 5.13 Å². The van der Waals surface area contributed by atoms with Crippen molar-refractivity contribution in [1.82, 2.24) is 14.5 Å². The number of hydrogen-bond donors (Lipinski definition) is 1. The van der Waals surface area contributed by atoms with Crippen LogP contribution in [0.4, 0.5) is 5.13 Å². The van der Waals surface area contributed by atoms with Gasteiger partial charge in [0.05, 0.1) is 23.1 Å². The monoisotopic (exact) mass is 476 g/mol. The highest BCUT2D eigenvalue weighted by atomic mass is 32.1. The average Bonchev–Trinajstić information content (AvgIpc) is 3.28. The zero-order valence-corrected chi connectivity index (χ0v) is 19.5. The predicted molar refractivity (Wildman–Crippen MR) is 131 cm³/mol. The Labute approximate surface area is 200 Å². The van der Waals surface area contributed by atoms with E-state index in [0.29, 0.717) is 35.0 Å². The smallest absolute Gasteiger partial charge is 0.306 e. The normalized spacial score (nSPS) is 10.9. The van der Waals surface area contributed by atoms with Gasteiger partial charge in [0.2, 0.25) is 5.91 Å². The maximum atomic E-state index is 13.2. The van der Waals surface area contributed by atoms with E-state index in [2.05, 4.69) is 15.3 Å². The van der Waals surface area contributed by atoms with Gasteiger partial charge in [-0.1, -0.05) is 42.5 Å². The molecule has 0 radical (unpaired) electrons. The second kappa shape index (κ2) is 10.8. The number of nitrogens with zero attached hydrogens (tertiary/aromatic N) is 3. The number of hydrogen-bond acceptors (Lipinski definition) is 7. The zero-order chi connectivity index (χ0) is 23.9. The fourth-order valence-corrected chi connectivity index (χ4v) is 4.29. The lowest BCUT2D eigenvalue weighted by atomic mass is 10.1. The van der Waals surface area contributed by atoms with Crippen LogP contribution in [-0.4, -0.2) is 26.4 Å². The predicted octanol–water partition coefficient (Wildman–Crippen LogP) is 3.73. The average molecular weight is 477 g/mol. The van der Waals surface area contributed by atoms with Gasteiger partial charge in [-0.15, -0.1) is 11.3 Å². The van der Waals surface area contributed by atoms with Gasteiger partial charge in [0, 0.05) is 25.3 Å². The molecule has 1 amide bonds. The highest BCUT2D eigenvalue weighted by molar-refractivity contribution is 7.13.